The Hall–Kier alpha value is -1.95. The number of pyridine rings is 1. The quantitative estimate of drug-likeness (QED) is 0.754. The fourth-order valence-corrected chi connectivity index (χ4v) is 4.82. The van der Waals surface area contributed by atoms with E-state index in [2.05, 4.69) is 14.8 Å². The molecule has 6 heteroatoms. The number of rotatable bonds is 6. The van der Waals surface area contributed by atoms with Gasteiger partial charge in [-0.2, -0.15) is 0 Å². The molecule has 2 amide bonds. The maximum absolute atomic E-state index is 12.9. The smallest absolute Gasteiger partial charge is 0.236 e. The first-order chi connectivity index (χ1) is 13.5. The Bertz CT molecular complexity index is 706. The van der Waals surface area contributed by atoms with Crippen molar-refractivity contribution < 1.29 is 9.59 Å². The fraction of sp³-hybridized carbons (Fsp3) is 0.682. The van der Waals surface area contributed by atoms with Gasteiger partial charge in [-0.15, -0.1) is 0 Å². The number of hydrogen-bond donors (Lipinski definition) is 0. The zero-order valence-electron chi connectivity index (χ0n) is 17.0. The van der Waals surface area contributed by atoms with Crippen molar-refractivity contribution in [2.75, 3.05) is 39.8 Å². The molecule has 0 unspecified atom stereocenters. The number of likely N-dealkylation sites (N-methyl/N-ethyl adjacent to an activating group) is 1. The predicted molar refractivity (Wildman–Crippen MR) is 107 cm³/mol. The Morgan fingerprint density at radius 2 is 2.18 bits per heavy atom. The Morgan fingerprint density at radius 1 is 1.32 bits per heavy atom. The van der Waals surface area contributed by atoms with Crippen LogP contribution in [0.25, 0.3) is 0 Å². The van der Waals surface area contributed by atoms with Crippen LogP contribution in [0.4, 0.5) is 0 Å². The van der Waals surface area contributed by atoms with Gasteiger partial charge < -0.3 is 9.80 Å². The van der Waals surface area contributed by atoms with Crippen LogP contribution >= 0.6 is 0 Å². The monoisotopic (exact) mass is 384 g/mol. The van der Waals surface area contributed by atoms with E-state index in [-0.39, 0.29) is 11.3 Å². The highest BCUT2D eigenvalue weighted by molar-refractivity contribution is 5.79. The predicted octanol–water partition coefficient (Wildman–Crippen LogP) is 2.15. The van der Waals surface area contributed by atoms with E-state index >= 15 is 0 Å². The molecule has 1 atom stereocenters. The maximum atomic E-state index is 12.9. The minimum Gasteiger partial charge on any atom is -0.342 e. The molecule has 2 saturated heterocycles. The van der Waals surface area contributed by atoms with Crippen molar-refractivity contribution in [2.45, 2.75) is 45.1 Å². The molecule has 4 rings (SSSR count). The molecular formula is C22H32N4O2. The SMILES string of the molecule is CN(CC(=O)N1CCC[C@@]2(CCC(=O)N(CC3CC3)C2)C1)Cc1cccnc1. The lowest BCUT2D eigenvalue weighted by molar-refractivity contribution is -0.143. The number of piperidine rings is 2. The molecule has 0 bridgehead atoms. The van der Waals surface area contributed by atoms with E-state index in [4.69, 9.17) is 0 Å². The Kier molecular flexibility index (Phi) is 5.67. The summed E-state index contributed by atoms with van der Waals surface area (Å²) in [5.41, 5.74) is 1.23. The van der Waals surface area contributed by atoms with Gasteiger partial charge in [0.25, 0.3) is 0 Å². The lowest BCUT2D eigenvalue weighted by Gasteiger charge is -2.48. The van der Waals surface area contributed by atoms with Gasteiger partial charge in [-0.3, -0.25) is 19.5 Å². The van der Waals surface area contributed by atoms with Gasteiger partial charge in [0.05, 0.1) is 6.54 Å². The van der Waals surface area contributed by atoms with Gasteiger partial charge in [-0.05, 0) is 56.7 Å². The molecule has 0 radical (unpaired) electrons. The van der Waals surface area contributed by atoms with Crippen molar-refractivity contribution in [2.24, 2.45) is 11.3 Å². The van der Waals surface area contributed by atoms with Crippen molar-refractivity contribution in [1.82, 2.24) is 19.7 Å². The Labute approximate surface area is 167 Å². The summed E-state index contributed by atoms with van der Waals surface area (Å²) in [6.45, 7) is 4.58. The van der Waals surface area contributed by atoms with E-state index in [1.807, 2.05) is 30.3 Å². The van der Waals surface area contributed by atoms with Crippen LogP contribution in [0, 0.1) is 11.3 Å². The molecule has 0 aromatic carbocycles. The normalized spacial score (nSPS) is 25.6. The van der Waals surface area contributed by atoms with Crippen LogP contribution in [0.5, 0.6) is 0 Å². The van der Waals surface area contributed by atoms with Crippen molar-refractivity contribution in [3.8, 4) is 0 Å². The van der Waals surface area contributed by atoms with Gasteiger partial charge in [0.15, 0.2) is 0 Å². The summed E-state index contributed by atoms with van der Waals surface area (Å²) in [7, 11) is 1.99. The van der Waals surface area contributed by atoms with Crippen LogP contribution in [0.2, 0.25) is 0 Å². The van der Waals surface area contributed by atoms with E-state index in [0.717, 1.165) is 63.5 Å². The molecule has 1 saturated carbocycles. The number of amides is 2. The largest absolute Gasteiger partial charge is 0.342 e. The summed E-state index contributed by atoms with van der Waals surface area (Å²) in [6.07, 6.45) is 9.92. The van der Waals surface area contributed by atoms with Crippen molar-refractivity contribution in [3.63, 3.8) is 0 Å². The van der Waals surface area contributed by atoms with Crippen LogP contribution < -0.4 is 0 Å². The zero-order valence-corrected chi connectivity index (χ0v) is 17.0. The molecule has 1 aromatic heterocycles. The second-order valence-corrected chi connectivity index (χ2v) is 9.17. The first-order valence-electron chi connectivity index (χ1n) is 10.7. The molecule has 28 heavy (non-hydrogen) atoms. The summed E-state index contributed by atoms with van der Waals surface area (Å²) in [5.74, 6) is 1.25. The second-order valence-electron chi connectivity index (χ2n) is 9.17. The summed E-state index contributed by atoms with van der Waals surface area (Å²) in [6, 6.07) is 3.97. The third kappa shape index (κ3) is 4.72. The van der Waals surface area contributed by atoms with Crippen molar-refractivity contribution in [3.05, 3.63) is 30.1 Å². The number of nitrogens with zero attached hydrogens (tertiary/aromatic N) is 4. The van der Waals surface area contributed by atoms with E-state index in [1.165, 1.54) is 12.8 Å². The van der Waals surface area contributed by atoms with E-state index in [0.29, 0.717) is 18.9 Å². The maximum Gasteiger partial charge on any atom is 0.236 e. The molecule has 152 valence electrons. The third-order valence-electron chi connectivity index (χ3n) is 6.52. The minimum atomic E-state index is 0.110. The highest BCUT2D eigenvalue weighted by atomic mass is 16.2. The number of carbonyl (C=O) groups is 2. The number of likely N-dealkylation sites (tertiary alicyclic amines) is 2. The lowest BCUT2D eigenvalue weighted by Crippen LogP contribution is -2.56. The molecule has 1 aliphatic carbocycles. The summed E-state index contributed by atoms with van der Waals surface area (Å²) in [4.78, 5) is 35.7. The van der Waals surface area contributed by atoms with Gasteiger partial charge in [-0.1, -0.05) is 6.07 Å². The number of hydrogen-bond acceptors (Lipinski definition) is 4. The Balaban J connectivity index is 1.33. The van der Waals surface area contributed by atoms with E-state index < -0.39 is 0 Å². The van der Waals surface area contributed by atoms with Crippen LogP contribution in [0.1, 0.15) is 44.1 Å². The summed E-state index contributed by atoms with van der Waals surface area (Å²) < 4.78 is 0. The highest BCUT2D eigenvalue weighted by Gasteiger charge is 2.43. The van der Waals surface area contributed by atoms with Gasteiger partial charge in [0, 0.05) is 57.0 Å². The summed E-state index contributed by atoms with van der Waals surface area (Å²) in [5, 5.41) is 0. The Morgan fingerprint density at radius 3 is 2.93 bits per heavy atom. The van der Waals surface area contributed by atoms with Crippen LogP contribution in [0.15, 0.2) is 24.5 Å². The molecule has 3 fully saturated rings. The van der Waals surface area contributed by atoms with Crippen molar-refractivity contribution in [1.29, 1.82) is 0 Å². The second kappa shape index (κ2) is 8.19. The van der Waals surface area contributed by atoms with E-state index in [9.17, 15) is 9.59 Å². The molecule has 1 aromatic rings. The molecule has 3 aliphatic rings. The first-order valence-corrected chi connectivity index (χ1v) is 10.7. The minimum absolute atomic E-state index is 0.110. The molecular weight excluding hydrogens is 352 g/mol. The average Bonchev–Trinajstić information content (AvgIpc) is 3.50. The van der Waals surface area contributed by atoms with Crippen LogP contribution in [-0.2, 0) is 16.1 Å². The molecule has 0 N–H and O–H groups in total. The summed E-state index contributed by atoms with van der Waals surface area (Å²) >= 11 is 0. The lowest BCUT2D eigenvalue weighted by atomic mass is 9.73. The fourth-order valence-electron chi connectivity index (χ4n) is 4.82. The highest BCUT2D eigenvalue weighted by Crippen LogP contribution is 2.40. The first kappa shape index (κ1) is 19.4. The zero-order chi connectivity index (χ0) is 19.6. The number of aromatic nitrogens is 1. The average molecular weight is 385 g/mol. The standard InChI is InChI=1S/C22H32N4O2/c1-24(13-19-4-2-10-23-12-19)15-21(28)25-11-3-8-22(16-25)9-7-20(27)26(17-22)14-18-5-6-18/h2,4,10,12,18H,3,5-9,11,13-17H2,1H3/t22-/m1/s1. The van der Waals surface area contributed by atoms with E-state index in [1.54, 1.807) is 6.20 Å². The molecule has 3 heterocycles. The topological polar surface area (TPSA) is 56.8 Å². The van der Waals surface area contributed by atoms with Crippen LogP contribution in [-0.4, -0.2) is 71.3 Å². The molecule has 2 aliphatic heterocycles. The van der Waals surface area contributed by atoms with Gasteiger partial charge in [0.1, 0.15) is 0 Å². The number of carbonyl (C=O) groups excluding carboxylic acids is 2. The molecule has 1 spiro atoms. The van der Waals surface area contributed by atoms with Gasteiger partial charge >= 0.3 is 0 Å². The van der Waals surface area contributed by atoms with Crippen LogP contribution in [0.3, 0.4) is 0 Å². The van der Waals surface area contributed by atoms with Gasteiger partial charge in [0.2, 0.25) is 11.8 Å². The van der Waals surface area contributed by atoms with Gasteiger partial charge in [-0.25, -0.2) is 0 Å². The third-order valence-corrected chi connectivity index (χ3v) is 6.52. The van der Waals surface area contributed by atoms with Crippen molar-refractivity contribution >= 4 is 11.8 Å². The molecule has 6 nitrogen and oxygen atoms in total.